The molecule has 3 aromatic carbocycles. The molecule has 4 aromatic rings. The van der Waals surface area contributed by atoms with E-state index >= 15 is 0 Å². The Morgan fingerprint density at radius 1 is 1.03 bits per heavy atom. The molecule has 0 saturated heterocycles. The molecule has 2 heterocycles. The Morgan fingerprint density at radius 3 is 2.78 bits per heavy atom. The third-order valence-corrected chi connectivity index (χ3v) is 5.67. The fourth-order valence-electron chi connectivity index (χ4n) is 4.02. The van der Waals surface area contributed by atoms with Crippen molar-refractivity contribution in [3.63, 3.8) is 0 Å². The second kappa shape index (κ2) is 8.32. The predicted molar refractivity (Wildman–Crippen MR) is 119 cm³/mol. The molecule has 160 valence electrons. The first-order valence-electron chi connectivity index (χ1n) is 10.4. The van der Waals surface area contributed by atoms with Gasteiger partial charge >= 0.3 is 5.97 Å². The number of fused-ring (bicyclic) bond motifs is 2. The highest BCUT2D eigenvalue weighted by molar-refractivity contribution is 5.87. The number of para-hydroxylation sites is 1. The standard InChI is InChI=1S/C26H21NO5/c28-25-19(13-16-4-3-6-18(12-16)26(29)30)15-31-23-10-9-20(14-21(23)25)32-24-11-8-17-5-1-2-7-22(17)27-24/h1-12,14,19,25,28H,13,15H2,(H,29,30)/t19-,25-/m0/s1. The zero-order valence-corrected chi connectivity index (χ0v) is 17.1. The number of aromatic nitrogens is 1. The molecule has 0 fully saturated rings. The Kier molecular flexibility index (Phi) is 5.21. The van der Waals surface area contributed by atoms with Crippen LogP contribution in [0.15, 0.2) is 78.9 Å². The zero-order valence-electron chi connectivity index (χ0n) is 17.1. The van der Waals surface area contributed by atoms with Gasteiger partial charge in [0.15, 0.2) is 0 Å². The zero-order chi connectivity index (χ0) is 22.1. The van der Waals surface area contributed by atoms with E-state index in [1.165, 1.54) is 0 Å². The number of carbonyl (C=O) groups is 1. The van der Waals surface area contributed by atoms with Gasteiger partial charge in [-0.15, -0.1) is 0 Å². The summed E-state index contributed by atoms with van der Waals surface area (Å²) in [7, 11) is 0. The number of pyridine rings is 1. The monoisotopic (exact) mass is 427 g/mol. The van der Waals surface area contributed by atoms with Crippen molar-refractivity contribution in [2.45, 2.75) is 12.5 Å². The van der Waals surface area contributed by atoms with Crippen molar-refractivity contribution in [1.29, 1.82) is 0 Å². The molecule has 0 radical (unpaired) electrons. The van der Waals surface area contributed by atoms with Crippen LogP contribution in [0.3, 0.4) is 0 Å². The fourth-order valence-corrected chi connectivity index (χ4v) is 4.02. The van der Waals surface area contributed by atoms with Crippen molar-refractivity contribution >= 4 is 16.9 Å². The summed E-state index contributed by atoms with van der Waals surface area (Å²) in [6.07, 6.45) is -0.265. The molecule has 0 aliphatic carbocycles. The van der Waals surface area contributed by atoms with Crippen molar-refractivity contribution in [3.05, 3.63) is 95.6 Å². The largest absolute Gasteiger partial charge is 0.493 e. The van der Waals surface area contributed by atoms with Crippen LogP contribution in [0.1, 0.15) is 27.6 Å². The topological polar surface area (TPSA) is 88.9 Å². The van der Waals surface area contributed by atoms with Crippen molar-refractivity contribution < 1.29 is 24.5 Å². The average Bonchev–Trinajstić information content (AvgIpc) is 2.81. The molecule has 6 heteroatoms. The lowest BCUT2D eigenvalue weighted by atomic mass is 9.88. The second-order valence-corrected chi connectivity index (χ2v) is 7.87. The van der Waals surface area contributed by atoms with Crippen LogP contribution in [0.2, 0.25) is 0 Å². The van der Waals surface area contributed by atoms with Crippen molar-refractivity contribution in [1.82, 2.24) is 4.98 Å². The quantitative estimate of drug-likeness (QED) is 0.465. The summed E-state index contributed by atoms with van der Waals surface area (Å²) < 4.78 is 11.8. The molecule has 1 aromatic heterocycles. The number of nitrogens with zero attached hydrogens (tertiary/aromatic N) is 1. The van der Waals surface area contributed by atoms with Gasteiger partial charge in [-0.25, -0.2) is 9.78 Å². The molecular weight excluding hydrogens is 406 g/mol. The van der Waals surface area contributed by atoms with Gasteiger partial charge in [0.1, 0.15) is 11.5 Å². The third-order valence-electron chi connectivity index (χ3n) is 5.67. The van der Waals surface area contributed by atoms with Gasteiger partial charge < -0.3 is 19.7 Å². The minimum Gasteiger partial charge on any atom is -0.493 e. The summed E-state index contributed by atoms with van der Waals surface area (Å²) >= 11 is 0. The van der Waals surface area contributed by atoms with Gasteiger partial charge in [0.2, 0.25) is 5.88 Å². The molecule has 5 rings (SSSR count). The Morgan fingerprint density at radius 2 is 1.91 bits per heavy atom. The number of rotatable bonds is 5. The van der Waals surface area contributed by atoms with Crippen LogP contribution in [0, 0.1) is 5.92 Å². The molecular formula is C26H21NO5. The van der Waals surface area contributed by atoms with E-state index in [1.54, 1.807) is 36.4 Å². The third kappa shape index (κ3) is 4.00. The maximum Gasteiger partial charge on any atom is 0.335 e. The Hall–Kier alpha value is -3.90. The van der Waals surface area contributed by atoms with Gasteiger partial charge in [0.25, 0.3) is 0 Å². The average molecular weight is 427 g/mol. The van der Waals surface area contributed by atoms with E-state index in [1.807, 2.05) is 42.5 Å². The molecule has 1 aliphatic heterocycles. The smallest absolute Gasteiger partial charge is 0.335 e. The minimum absolute atomic E-state index is 0.208. The first-order valence-corrected chi connectivity index (χ1v) is 10.4. The van der Waals surface area contributed by atoms with Crippen LogP contribution in [0.5, 0.6) is 17.4 Å². The second-order valence-electron chi connectivity index (χ2n) is 7.87. The number of carboxylic acid groups (broad SMARTS) is 1. The molecule has 0 unspecified atom stereocenters. The number of hydrogen-bond acceptors (Lipinski definition) is 5. The highest BCUT2D eigenvalue weighted by atomic mass is 16.5. The first kappa shape index (κ1) is 20.0. The van der Waals surface area contributed by atoms with Crippen LogP contribution in [0.4, 0.5) is 0 Å². The number of benzene rings is 3. The van der Waals surface area contributed by atoms with Crippen LogP contribution in [0.25, 0.3) is 10.9 Å². The summed E-state index contributed by atoms with van der Waals surface area (Å²) in [5.41, 5.74) is 2.56. The van der Waals surface area contributed by atoms with E-state index in [0.717, 1.165) is 16.5 Å². The van der Waals surface area contributed by atoms with E-state index in [0.29, 0.717) is 36.0 Å². The predicted octanol–water partition coefficient (Wildman–Crippen LogP) is 5.01. The lowest BCUT2D eigenvalue weighted by Crippen LogP contribution is -2.27. The molecule has 0 amide bonds. The molecule has 0 bridgehead atoms. The first-order chi connectivity index (χ1) is 15.6. The van der Waals surface area contributed by atoms with E-state index < -0.39 is 12.1 Å². The maximum absolute atomic E-state index is 11.2. The number of carboxylic acids is 1. The van der Waals surface area contributed by atoms with Crippen LogP contribution in [-0.4, -0.2) is 27.8 Å². The molecule has 6 nitrogen and oxygen atoms in total. The van der Waals surface area contributed by atoms with Crippen LogP contribution >= 0.6 is 0 Å². The summed E-state index contributed by atoms with van der Waals surface area (Å²) in [5.74, 6) is 0.466. The van der Waals surface area contributed by atoms with Gasteiger partial charge in [-0.05, 0) is 54.4 Å². The van der Waals surface area contributed by atoms with E-state index in [-0.39, 0.29) is 11.5 Å². The lowest BCUT2D eigenvalue weighted by Gasteiger charge is -2.30. The van der Waals surface area contributed by atoms with Gasteiger partial charge in [-0.2, -0.15) is 0 Å². The van der Waals surface area contributed by atoms with E-state index in [2.05, 4.69) is 4.98 Å². The highest BCUT2D eigenvalue weighted by Gasteiger charge is 2.30. The van der Waals surface area contributed by atoms with Crippen molar-refractivity contribution in [2.24, 2.45) is 5.92 Å². The van der Waals surface area contributed by atoms with Gasteiger partial charge in [-0.1, -0.05) is 30.3 Å². The van der Waals surface area contributed by atoms with Crippen LogP contribution in [-0.2, 0) is 6.42 Å². The van der Waals surface area contributed by atoms with E-state index in [4.69, 9.17) is 9.47 Å². The van der Waals surface area contributed by atoms with E-state index in [9.17, 15) is 15.0 Å². The van der Waals surface area contributed by atoms with Gasteiger partial charge in [0, 0.05) is 22.9 Å². The Balaban J connectivity index is 1.36. The number of aliphatic hydroxyl groups excluding tert-OH is 1. The SMILES string of the molecule is O=C(O)c1cccc(C[C@H]2COc3ccc(Oc4ccc5ccccc5n4)cc3[C@H]2O)c1. The van der Waals surface area contributed by atoms with Crippen LogP contribution < -0.4 is 9.47 Å². The summed E-state index contributed by atoms with van der Waals surface area (Å²) in [6, 6.07) is 23.7. The summed E-state index contributed by atoms with van der Waals surface area (Å²) in [5, 5.41) is 21.3. The number of aliphatic hydroxyl groups is 1. The molecule has 2 atom stereocenters. The maximum atomic E-state index is 11.2. The lowest BCUT2D eigenvalue weighted by molar-refractivity contribution is 0.0506. The number of hydrogen-bond donors (Lipinski definition) is 2. The molecule has 32 heavy (non-hydrogen) atoms. The highest BCUT2D eigenvalue weighted by Crippen LogP contribution is 2.39. The normalized spacial score (nSPS) is 17.4. The molecule has 1 aliphatic rings. The Bertz CT molecular complexity index is 1300. The fraction of sp³-hybridized carbons (Fsp3) is 0.154. The number of aromatic carboxylic acids is 1. The Labute approximate surface area is 184 Å². The number of ether oxygens (including phenoxy) is 2. The van der Waals surface area contributed by atoms with Gasteiger partial charge in [0.05, 0.1) is 23.8 Å². The minimum atomic E-state index is -0.971. The van der Waals surface area contributed by atoms with Gasteiger partial charge in [-0.3, -0.25) is 0 Å². The molecule has 2 N–H and O–H groups in total. The summed E-state index contributed by atoms with van der Waals surface area (Å²) in [6.45, 7) is 0.345. The summed E-state index contributed by atoms with van der Waals surface area (Å²) in [4.78, 5) is 15.8. The van der Waals surface area contributed by atoms with Crippen molar-refractivity contribution in [2.75, 3.05) is 6.61 Å². The molecule has 0 spiro atoms. The van der Waals surface area contributed by atoms with Crippen molar-refractivity contribution in [3.8, 4) is 17.4 Å². The molecule has 0 saturated carbocycles.